The van der Waals surface area contributed by atoms with Gasteiger partial charge in [-0.25, -0.2) is 4.99 Å². The molecule has 0 aromatic heterocycles. The van der Waals surface area contributed by atoms with Crippen LogP contribution in [0.5, 0.6) is 0 Å². The molecule has 0 bridgehead atoms. The minimum Gasteiger partial charge on any atom is -0.370 e. The van der Waals surface area contributed by atoms with Crippen LogP contribution in [-0.2, 0) is 6.54 Å². The van der Waals surface area contributed by atoms with Crippen LogP contribution in [0.2, 0.25) is 0 Å². The molecule has 0 atom stereocenters. The number of anilines is 1. The van der Waals surface area contributed by atoms with Crippen molar-refractivity contribution in [2.24, 2.45) is 16.5 Å². The first-order valence-corrected chi connectivity index (χ1v) is 6.98. The highest BCUT2D eigenvalue weighted by molar-refractivity contribution is 5.93. The molecular weight excluding hydrogens is 276 g/mol. The predicted molar refractivity (Wildman–Crippen MR) is 89.8 cm³/mol. The van der Waals surface area contributed by atoms with Crippen molar-refractivity contribution in [3.8, 4) is 0 Å². The van der Waals surface area contributed by atoms with Crippen LogP contribution >= 0.6 is 0 Å². The SMILES string of the molecule is Cc1ccc(NC(N)=NCc2ccc(C(N)=O)cc2)cc1C. The Labute approximate surface area is 130 Å². The van der Waals surface area contributed by atoms with Crippen molar-refractivity contribution < 1.29 is 4.79 Å². The van der Waals surface area contributed by atoms with Crippen molar-refractivity contribution in [3.05, 3.63) is 64.7 Å². The monoisotopic (exact) mass is 296 g/mol. The predicted octanol–water partition coefficient (Wildman–Crippen LogP) is 2.33. The maximum absolute atomic E-state index is 11.0. The second-order valence-electron chi connectivity index (χ2n) is 5.19. The molecular formula is C17H20N4O. The summed E-state index contributed by atoms with van der Waals surface area (Å²) in [6.45, 7) is 4.54. The number of hydrogen-bond acceptors (Lipinski definition) is 2. The van der Waals surface area contributed by atoms with Crippen molar-refractivity contribution in [3.63, 3.8) is 0 Å². The van der Waals surface area contributed by atoms with Gasteiger partial charge >= 0.3 is 0 Å². The summed E-state index contributed by atoms with van der Waals surface area (Å²) in [4.78, 5) is 15.3. The van der Waals surface area contributed by atoms with Gasteiger partial charge in [-0.3, -0.25) is 4.79 Å². The number of benzene rings is 2. The lowest BCUT2D eigenvalue weighted by Crippen LogP contribution is -2.22. The standard InChI is InChI=1S/C17H20N4O/c1-11-3-8-15(9-12(11)2)21-17(19)20-10-13-4-6-14(7-5-13)16(18)22/h3-9H,10H2,1-2H3,(H2,18,22)(H3,19,20,21). The number of aryl methyl sites for hydroxylation is 2. The van der Waals surface area contributed by atoms with E-state index in [1.807, 2.05) is 37.3 Å². The zero-order valence-electron chi connectivity index (χ0n) is 12.8. The third-order valence-corrected chi connectivity index (χ3v) is 3.45. The Morgan fingerprint density at radius 2 is 1.73 bits per heavy atom. The van der Waals surface area contributed by atoms with Crippen LogP contribution < -0.4 is 16.8 Å². The molecule has 0 saturated heterocycles. The minimum atomic E-state index is -0.439. The molecule has 22 heavy (non-hydrogen) atoms. The molecule has 2 aromatic carbocycles. The van der Waals surface area contributed by atoms with E-state index in [4.69, 9.17) is 11.5 Å². The van der Waals surface area contributed by atoms with E-state index in [9.17, 15) is 4.79 Å². The van der Waals surface area contributed by atoms with Crippen LogP contribution in [0, 0.1) is 13.8 Å². The zero-order valence-corrected chi connectivity index (χ0v) is 12.8. The Morgan fingerprint density at radius 3 is 2.32 bits per heavy atom. The van der Waals surface area contributed by atoms with Crippen LogP contribution in [0.25, 0.3) is 0 Å². The summed E-state index contributed by atoms with van der Waals surface area (Å²) < 4.78 is 0. The summed E-state index contributed by atoms with van der Waals surface area (Å²) in [5, 5.41) is 3.06. The number of hydrogen-bond donors (Lipinski definition) is 3. The highest BCUT2D eigenvalue weighted by Crippen LogP contribution is 2.14. The fourth-order valence-corrected chi connectivity index (χ4v) is 1.96. The Kier molecular flexibility index (Phi) is 4.78. The molecule has 0 aliphatic rings. The number of aliphatic imine (C=N–C) groups is 1. The van der Waals surface area contributed by atoms with E-state index in [1.54, 1.807) is 12.1 Å². The molecule has 1 amide bonds. The van der Waals surface area contributed by atoms with Gasteiger partial charge in [0.1, 0.15) is 0 Å². The Bertz CT molecular complexity index is 705. The Hall–Kier alpha value is -2.82. The maximum Gasteiger partial charge on any atom is 0.248 e. The molecule has 5 heteroatoms. The van der Waals surface area contributed by atoms with Gasteiger partial charge in [0.05, 0.1) is 6.54 Å². The quantitative estimate of drug-likeness (QED) is 0.597. The molecule has 0 radical (unpaired) electrons. The van der Waals surface area contributed by atoms with Crippen LogP contribution in [0.1, 0.15) is 27.0 Å². The number of nitrogens with two attached hydrogens (primary N) is 2. The van der Waals surface area contributed by atoms with Gasteiger partial charge in [0.2, 0.25) is 5.91 Å². The highest BCUT2D eigenvalue weighted by atomic mass is 16.1. The molecule has 0 spiro atoms. The molecule has 0 unspecified atom stereocenters. The first-order chi connectivity index (χ1) is 10.5. The van der Waals surface area contributed by atoms with Gasteiger partial charge in [-0.1, -0.05) is 18.2 Å². The number of carbonyl (C=O) groups excluding carboxylic acids is 1. The fraction of sp³-hybridized carbons (Fsp3) is 0.176. The van der Waals surface area contributed by atoms with Crippen molar-refractivity contribution in [2.45, 2.75) is 20.4 Å². The first-order valence-electron chi connectivity index (χ1n) is 6.98. The summed E-state index contributed by atoms with van der Waals surface area (Å²) in [6, 6.07) is 13.0. The second kappa shape index (κ2) is 6.76. The molecule has 0 fully saturated rings. The lowest BCUT2D eigenvalue weighted by molar-refractivity contribution is 0.100. The second-order valence-corrected chi connectivity index (χ2v) is 5.19. The number of amides is 1. The van der Waals surface area contributed by atoms with E-state index in [2.05, 4.69) is 17.2 Å². The summed E-state index contributed by atoms with van der Waals surface area (Å²) in [5.41, 5.74) is 15.9. The molecule has 5 N–H and O–H groups in total. The molecule has 0 heterocycles. The zero-order chi connectivity index (χ0) is 16.1. The Morgan fingerprint density at radius 1 is 1.05 bits per heavy atom. The summed E-state index contributed by atoms with van der Waals surface area (Å²) in [6.07, 6.45) is 0. The van der Waals surface area contributed by atoms with Gasteiger partial charge in [0.25, 0.3) is 0 Å². The number of carbonyl (C=O) groups is 1. The molecule has 0 aliphatic carbocycles. The lowest BCUT2D eigenvalue weighted by atomic mass is 10.1. The summed E-state index contributed by atoms with van der Waals surface area (Å²) in [7, 11) is 0. The summed E-state index contributed by atoms with van der Waals surface area (Å²) >= 11 is 0. The van der Waals surface area contributed by atoms with E-state index in [1.165, 1.54) is 11.1 Å². The smallest absolute Gasteiger partial charge is 0.248 e. The molecule has 2 aromatic rings. The Balaban J connectivity index is 2.00. The van der Waals surface area contributed by atoms with Crippen LogP contribution in [0.4, 0.5) is 5.69 Å². The fourth-order valence-electron chi connectivity index (χ4n) is 1.96. The van der Waals surface area contributed by atoms with E-state index in [0.717, 1.165) is 11.3 Å². The van der Waals surface area contributed by atoms with Crippen molar-refractivity contribution >= 4 is 17.6 Å². The molecule has 114 valence electrons. The van der Waals surface area contributed by atoms with Gasteiger partial charge in [0.15, 0.2) is 5.96 Å². The van der Waals surface area contributed by atoms with Gasteiger partial charge < -0.3 is 16.8 Å². The minimum absolute atomic E-state index is 0.349. The van der Waals surface area contributed by atoms with Crippen LogP contribution in [0.3, 0.4) is 0 Å². The summed E-state index contributed by atoms with van der Waals surface area (Å²) in [5.74, 6) is -0.0896. The van der Waals surface area contributed by atoms with Gasteiger partial charge in [-0.05, 0) is 54.8 Å². The molecule has 0 aliphatic heterocycles. The van der Waals surface area contributed by atoms with Gasteiger partial charge in [0, 0.05) is 11.3 Å². The number of primary amides is 1. The average molecular weight is 296 g/mol. The third-order valence-electron chi connectivity index (χ3n) is 3.45. The highest BCUT2D eigenvalue weighted by Gasteiger charge is 2.00. The van der Waals surface area contributed by atoms with Gasteiger partial charge in [-0.15, -0.1) is 0 Å². The van der Waals surface area contributed by atoms with E-state index in [-0.39, 0.29) is 0 Å². The van der Waals surface area contributed by atoms with Crippen LogP contribution in [-0.4, -0.2) is 11.9 Å². The van der Waals surface area contributed by atoms with Crippen molar-refractivity contribution in [1.82, 2.24) is 0 Å². The van der Waals surface area contributed by atoms with Crippen molar-refractivity contribution in [1.29, 1.82) is 0 Å². The van der Waals surface area contributed by atoms with E-state index in [0.29, 0.717) is 18.1 Å². The van der Waals surface area contributed by atoms with E-state index >= 15 is 0 Å². The average Bonchev–Trinajstić information content (AvgIpc) is 2.49. The van der Waals surface area contributed by atoms with Crippen molar-refractivity contribution in [2.75, 3.05) is 5.32 Å². The van der Waals surface area contributed by atoms with E-state index < -0.39 is 5.91 Å². The number of nitrogens with one attached hydrogen (secondary N) is 1. The third kappa shape index (κ3) is 4.09. The number of nitrogens with zero attached hydrogens (tertiary/aromatic N) is 1. The molecule has 0 saturated carbocycles. The van der Waals surface area contributed by atoms with Gasteiger partial charge in [-0.2, -0.15) is 0 Å². The first kappa shape index (κ1) is 15.6. The topological polar surface area (TPSA) is 93.5 Å². The number of guanidine groups is 1. The largest absolute Gasteiger partial charge is 0.370 e. The lowest BCUT2D eigenvalue weighted by Gasteiger charge is -2.08. The normalized spacial score (nSPS) is 11.3. The van der Waals surface area contributed by atoms with Crippen LogP contribution in [0.15, 0.2) is 47.5 Å². The number of rotatable bonds is 4. The maximum atomic E-state index is 11.0. The molecule has 2 rings (SSSR count). The molecule has 5 nitrogen and oxygen atoms in total.